The van der Waals surface area contributed by atoms with E-state index in [0.29, 0.717) is 0 Å². The van der Waals surface area contributed by atoms with Crippen molar-refractivity contribution in [1.82, 2.24) is 4.98 Å². The molecule has 0 aliphatic rings. The lowest BCUT2D eigenvalue weighted by Gasteiger charge is -1.97. The van der Waals surface area contributed by atoms with Gasteiger partial charge in [0.15, 0.2) is 0 Å². The fourth-order valence-electron chi connectivity index (χ4n) is 1.80. The van der Waals surface area contributed by atoms with Crippen LogP contribution in [0.2, 0.25) is 0 Å². The zero-order valence-corrected chi connectivity index (χ0v) is 8.01. The molecule has 3 rings (SSSR count). The van der Waals surface area contributed by atoms with E-state index in [1.165, 1.54) is 21.7 Å². The van der Waals surface area contributed by atoms with Crippen LogP contribution in [0.25, 0.3) is 21.7 Å². The standard InChI is InChI=1S/C12H9N.H2O2/c1-2-4-11-9(3-1)5-6-10-7-8-13-12(10)11;1-2/h1-8,13H;1-2H. The summed E-state index contributed by atoms with van der Waals surface area (Å²) in [5.74, 6) is 0. The molecular formula is C12H11NO2. The zero-order chi connectivity index (χ0) is 10.7. The van der Waals surface area contributed by atoms with Gasteiger partial charge in [0.1, 0.15) is 0 Å². The van der Waals surface area contributed by atoms with Crippen LogP contribution in [0.3, 0.4) is 0 Å². The van der Waals surface area contributed by atoms with Crippen LogP contribution < -0.4 is 0 Å². The number of fused-ring (bicyclic) bond motifs is 3. The summed E-state index contributed by atoms with van der Waals surface area (Å²) in [6, 6.07) is 14.8. The van der Waals surface area contributed by atoms with E-state index in [0.717, 1.165) is 0 Å². The van der Waals surface area contributed by atoms with Crippen molar-refractivity contribution >= 4 is 21.7 Å². The molecule has 76 valence electrons. The van der Waals surface area contributed by atoms with Gasteiger partial charge in [0.25, 0.3) is 0 Å². The molecule has 3 nitrogen and oxygen atoms in total. The molecule has 1 heterocycles. The quantitative estimate of drug-likeness (QED) is 0.386. The number of rotatable bonds is 0. The summed E-state index contributed by atoms with van der Waals surface area (Å²) in [4.78, 5) is 3.26. The van der Waals surface area contributed by atoms with E-state index < -0.39 is 0 Å². The van der Waals surface area contributed by atoms with Crippen LogP contribution in [0.4, 0.5) is 0 Å². The van der Waals surface area contributed by atoms with Crippen molar-refractivity contribution in [1.29, 1.82) is 0 Å². The number of H-pyrrole nitrogens is 1. The van der Waals surface area contributed by atoms with Gasteiger partial charge in [-0.1, -0.05) is 36.4 Å². The maximum absolute atomic E-state index is 6.00. The highest BCUT2D eigenvalue weighted by Crippen LogP contribution is 2.23. The number of hydrogen-bond acceptors (Lipinski definition) is 2. The van der Waals surface area contributed by atoms with Gasteiger partial charge < -0.3 is 4.98 Å². The van der Waals surface area contributed by atoms with E-state index in [-0.39, 0.29) is 0 Å². The average molecular weight is 201 g/mol. The van der Waals surface area contributed by atoms with Crippen molar-refractivity contribution < 1.29 is 10.5 Å². The summed E-state index contributed by atoms with van der Waals surface area (Å²) in [6.07, 6.45) is 1.98. The minimum absolute atomic E-state index is 1.23. The van der Waals surface area contributed by atoms with Gasteiger partial charge in [-0.3, -0.25) is 10.5 Å². The van der Waals surface area contributed by atoms with Crippen molar-refractivity contribution in [2.24, 2.45) is 0 Å². The number of benzene rings is 2. The molecule has 15 heavy (non-hydrogen) atoms. The lowest BCUT2D eigenvalue weighted by atomic mass is 10.1. The topological polar surface area (TPSA) is 56.2 Å². The second-order valence-corrected chi connectivity index (χ2v) is 3.23. The molecule has 0 saturated carbocycles. The lowest BCUT2D eigenvalue weighted by Crippen LogP contribution is -1.73. The van der Waals surface area contributed by atoms with Gasteiger partial charge in [-0.05, 0) is 11.5 Å². The molecule has 2 aromatic carbocycles. The molecule has 0 radical (unpaired) electrons. The fourth-order valence-corrected chi connectivity index (χ4v) is 1.80. The monoisotopic (exact) mass is 201 g/mol. The van der Waals surface area contributed by atoms with E-state index in [4.69, 9.17) is 10.5 Å². The van der Waals surface area contributed by atoms with Crippen molar-refractivity contribution in [3.63, 3.8) is 0 Å². The van der Waals surface area contributed by atoms with Crippen LogP contribution >= 0.6 is 0 Å². The van der Waals surface area contributed by atoms with E-state index in [2.05, 4.69) is 47.4 Å². The van der Waals surface area contributed by atoms with Gasteiger partial charge >= 0.3 is 0 Å². The van der Waals surface area contributed by atoms with E-state index in [9.17, 15) is 0 Å². The first-order chi connectivity index (χ1) is 7.45. The first-order valence-corrected chi connectivity index (χ1v) is 4.60. The predicted octanol–water partition coefficient (Wildman–Crippen LogP) is 3.34. The molecule has 0 unspecified atom stereocenters. The largest absolute Gasteiger partial charge is 0.361 e. The second kappa shape index (κ2) is 4.13. The van der Waals surface area contributed by atoms with Crippen LogP contribution in [0.15, 0.2) is 48.7 Å². The fraction of sp³-hybridized carbons (Fsp3) is 0. The van der Waals surface area contributed by atoms with Crippen LogP contribution in [-0.2, 0) is 0 Å². The first-order valence-electron chi connectivity index (χ1n) is 4.60. The number of hydrogen-bond donors (Lipinski definition) is 3. The van der Waals surface area contributed by atoms with E-state index in [1.807, 2.05) is 6.20 Å². The van der Waals surface area contributed by atoms with Gasteiger partial charge in [0.05, 0.1) is 5.52 Å². The Morgan fingerprint density at radius 2 is 1.53 bits per heavy atom. The highest BCUT2D eigenvalue weighted by Gasteiger charge is 1.98. The molecule has 0 saturated heterocycles. The number of aromatic nitrogens is 1. The highest BCUT2D eigenvalue weighted by atomic mass is 17.0. The Morgan fingerprint density at radius 3 is 2.40 bits per heavy atom. The molecule has 0 bridgehead atoms. The molecule has 3 N–H and O–H groups in total. The third-order valence-electron chi connectivity index (χ3n) is 2.45. The van der Waals surface area contributed by atoms with Crippen molar-refractivity contribution in [2.45, 2.75) is 0 Å². The molecule has 0 aliphatic heterocycles. The Morgan fingerprint density at radius 1 is 0.800 bits per heavy atom. The molecule has 0 fully saturated rings. The summed E-state index contributed by atoms with van der Waals surface area (Å²) in [5, 5.41) is 15.9. The highest BCUT2D eigenvalue weighted by molar-refractivity contribution is 6.05. The van der Waals surface area contributed by atoms with E-state index in [1.54, 1.807) is 0 Å². The maximum atomic E-state index is 6.00. The normalized spacial score (nSPS) is 10.0. The van der Waals surface area contributed by atoms with Gasteiger partial charge in [-0.2, -0.15) is 0 Å². The van der Waals surface area contributed by atoms with Gasteiger partial charge in [0.2, 0.25) is 0 Å². The zero-order valence-electron chi connectivity index (χ0n) is 8.01. The third-order valence-corrected chi connectivity index (χ3v) is 2.45. The summed E-state index contributed by atoms with van der Waals surface area (Å²) in [5.41, 5.74) is 1.23. The SMILES string of the molecule is OO.c1ccc2c(c1)ccc1cc[nH]c12. The Labute approximate surface area is 86.5 Å². The second-order valence-electron chi connectivity index (χ2n) is 3.23. The summed E-state index contributed by atoms with van der Waals surface area (Å²) >= 11 is 0. The smallest absolute Gasteiger partial charge is 0.0533 e. The molecule has 3 heteroatoms. The van der Waals surface area contributed by atoms with Crippen LogP contribution in [0.1, 0.15) is 0 Å². The average Bonchev–Trinajstić information content (AvgIpc) is 2.80. The van der Waals surface area contributed by atoms with Crippen LogP contribution in [-0.4, -0.2) is 15.5 Å². The Balaban J connectivity index is 0.000000404. The van der Waals surface area contributed by atoms with Crippen molar-refractivity contribution in [2.75, 3.05) is 0 Å². The van der Waals surface area contributed by atoms with Gasteiger partial charge in [-0.15, -0.1) is 0 Å². The molecular weight excluding hydrogens is 190 g/mol. The van der Waals surface area contributed by atoms with Crippen LogP contribution in [0.5, 0.6) is 0 Å². The lowest BCUT2D eigenvalue weighted by molar-refractivity contribution is -0.176. The first kappa shape index (κ1) is 9.71. The molecule has 0 aliphatic carbocycles. The minimum atomic E-state index is 1.23. The minimum Gasteiger partial charge on any atom is -0.361 e. The van der Waals surface area contributed by atoms with Crippen LogP contribution in [0, 0.1) is 0 Å². The van der Waals surface area contributed by atoms with Crippen molar-refractivity contribution in [3.05, 3.63) is 48.7 Å². The Kier molecular flexibility index (Phi) is 2.67. The maximum Gasteiger partial charge on any atom is 0.0533 e. The molecule has 0 atom stereocenters. The Bertz CT molecular complexity index is 572. The summed E-state index contributed by atoms with van der Waals surface area (Å²) in [6.45, 7) is 0. The summed E-state index contributed by atoms with van der Waals surface area (Å²) < 4.78 is 0. The molecule has 0 amide bonds. The molecule has 0 spiro atoms. The molecule has 1 aromatic heterocycles. The molecule has 3 aromatic rings. The predicted molar refractivity (Wildman–Crippen MR) is 61.1 cm³/mol. The van der Waals surface area contributed by atoms with Crippen molar-refractivity contribution in [3.8, 4) is 0 Å². The van der Waals surface area contributed by atoms with Gasteiger partial charge in [0, 0.05) is 17.0 Å². The summed E-state index contributed by atoms with van der Waals surface area (Å²) in [7, 11) is 0. The Hall–Kier alpha value is -1.84. The third kappa shape index (κ3) is 1.58. The van der Waals surface area contributed by atoms with E-state index >= 15 is 0 Å². The number of aromatic amines is 1. The number of nitrogens with one attached hydrogen (secondary N) is 1. The van der Waals surface area contributed by atoms with Gasteiger partial charge in [-0.25, -0.2) is 0 Å².